The molecule has 3 rings (SSSR count). The highest BCUT2D eigenvalue weighted by Crippen LogP contribution is 2.23. The molecule has 0 spiro atoms. The molecule has 1 amide bonds. The molecule has 0 radical (unpaired) electrons. The number of fused-ring (bicyclic) bond motifs is 3. The summed E-state index contributed by atoms with van der Waals surface area (Å²) in [6.07, 6.45) is 1.64. The number of carboxylic acid groups (broad SMARTS) is 1. The van der Waals surface area contributed by atoms with Gasteiger partial charge in [0.15, 0.2) is 0 Å². The summed E-state index contributed by atoms with van der Waals surface area (Å²) in [4.78, 5) is 32.0. The third kappa shape index (κ3) is 3.49. The van der Waals surface area contributed by atoms with Gasteiger partial charge in [0, 0.05) is 38.8 Å². The smallest absolute Gasteiger partial charge is 0.317 e. The molecule has 8 nitrogen and oxygen atoms in total. The van der Waals surface area contributed by atoms with Crippen LogP contribution in [0.4, 0.5) is 5.82 Å². The van der Waals surface area contributed by atoms with Gasteiger partial charge in [-0.1, -0.05) is 0 Å². The van der Waals surface area contributed by atoms with Crippen molar-refractivity contribution < 1.29 is 19.4 Å². The van der Waals surface area contributed by atoms with Crippen LogP contribution in [0.1, 0.15) is 10.4 Å². The Morgan fingerprint density at radius 3 is 2.96 bits per heavy atom. The molecule has 24 heavy (non-hydrogen) atoms. The van der Waals surface area contributed by atoms with Crippen LogP contribution in [0.2, 0.25) is 0 Å². The third-order valence-electron chi connectivity index (χ3n) is 4.44. The van der Waals surface area contributed by atoms with E-state index in [1.165, 1.54) is 0 Å². The number of ether oxygens (including phenoxy) is 1. The van der Waals surface area contributed by atoms with E-state index in [-0.39, 0.29) is 24.4 Å². The normalized spacial score (nSPS) is 24.3. The number of hydrogen-bond donors (Lipinski definition) is 2. The Hall–Kier alpha value is -2.19. The van der Waals surface area contributed by atoms with E-state index < -0.39 is 5.97 Å². The molecule has 2 aliphatic heterocycles. The molecule has 0 unspecified atom stereocenters. The van der Waals surface area contributed by atoms with Crippen LogP contribution in [0.25, 0.3) is 0 Å². The molecule has 130 valence electrons. The molecule has 0 aromatic carbocycles. The molecule has 2 atom stereocenters. The summed E-state index contributed by atoms with van der Waals surface area (Å²) in [5, 5.41) is 12.0. The monoisotopic (exact) mass is 334 g/mol. The molecule has 2 N–H and O–H groups in total. The fraction of sp³-hybridized carbons (Fsp3) is 0.562. The summed E-state index contributed by atoms with van der Waals surface area (Å²) in [6.45, 7) is 2.65. The molecule has 1 aromatic heterocycles. The van der Waals surface area contributed by atoms with E-state index >= 15 is 0 Å². The minimum absolute atomic E-state index is 0.0102. The second kappa shape index (κ2) is 7.14. The zero-order chi connectivity index (χ0) is 17.1. The zero-order valence-corrected chi connectivity index (χ0v) is 13.6. The van der Waals surface area contributed by atoms with Crippen molar-refractivity contribution in [2.75, 3.05) is 51.8 Å². The fourth-order valence-electron chi connectivity index (χ4n) is 3.44. The quantitative estimate of drug-likeness (QED) is 0.799. The van der Waals surface area contributed by atoms with Crippen molar-refractivity contribution in [2.45, 2.75) is 6.04 Å². The van der Waals surface area contributed by atoms with Crippen molar-refractivity contribution in [1.29, 1.82) is 0 Å². The van der Waals surface area contributed by atoms with Gasteiger partial charge in [-0.15, -0.1) is 0 Å². The van der Waals surface area contributed by atoms with Crippen molar-refractivity contribution >= 4 is 17.7 Å². The Labute approximate surface area is 140 Å². The summed E-state index contributed by atoms with van der Waals surface area (Å²) >= 11 is 0. The molecule has 2 aliphatic rings. The predicted octanol–water partition coefficient (Wildman–Crippen LogP) is -0.0193. The number of hydrogen-bond acceptors (Lipinski definition) is 6. The number of carbonyl (C=O) groups is 2. The lowest BCUT2D eigenvalue weighted by atomic mass is 10.1. The van der Waals surface area contributed by atoms with Crippen molar-refractivity contribution in [3.8, 4) is 0 Å². The Bertz CT molecular complexity index is 624. The number of nitrogens with one attached hydrogen (secondary N) is 1. The molecule has 1 aromatic rings. The molecule has 0 saturated carbocycles. The lowest BCUT2D eigenvalue weighted by Gasteiger charge is -2.30. The number of carbonyl (C=O) groups excluding carboxylic acids is 1. The number of nitrogens with zero attached hydrogens (tertiary/aromatic N) is 3. The highest BCUT2D eigenvalue weighted by molar-refractivity contribution is 5.99. The lowest BCUT2D eigenvalue weighted by Crippen LogP contribution is -2.47. The van der Waals surface area contributed by atoms with Gasteiger partial charge < -0.3 is 20.1 Å². The molecule has 2 bridgehead atoms. The molecule has 0 aliphatic carbocycles. The maximum atomic E-state index is 13.1. The first kappa shape index (κ1) is 16.7. The van der Waals surface area contributed by atoms with E-state index in [1.54, 1.807) is 25.4 Å². The van der Waals surface area contributed by atoms with Crippen LogP contribution in [0.5, 0.6) is 0 Å². The van der Waals surface area contributed by atoms with Gasteiger partial charge in [-0.2, -0.15) is 0 Å². The number of aliphatic carboxylic acids is 1. The molecule has 3 heterocycles. The van der Waals surface area contributed by atoms with E-state index in [0.29, 0.717) is 44.2 Å². The van der Waals surface area contributed by atoms with Crippen LogP contribution in [0.3, 0.4) is 0 Å². The third-order valence-corrected chi connectivity index (χ3v) is 4.44. The van der Waals surface area contributed by atoms with Gasteiger partial charge in [-0.3, -0.25) is 14.5 Å². The molecule has 2 fully saturated rings. The Morgan fingerprint density at radius 1 is 1.38 bits per heavy atom. The van der Waals surface area contributed by atoms with Gasteiger partial charge in [0.1, 0.15) is 5.82 Å². The first-order valence-corrected chi connectivity index (χ1v) is 8.04. The minimum Gasteiger partial charge on any atom is -0.480 e. The Balaban J connectivity index is 1.85. The van der Waals surface area contributed by atoms with Gasteiger partial charge in [-0.05, 0) is 12.1 Å². The number of pyridine rings is 1. The zero-order valence-electron chi connectivity index (χ0n) is 13.6. The van der Waals surface area contributed by atoms with E-state index in [1.807, 2.05) is 9.80 Å². The van der Waals surface area contributed by atoms with E-state index in [2.05, 4.69) is 10.3 Å². The standard InChI is InChI=1S/C16H22N4O4/c1-17-15-13(3-2-4-18-15)16(23)20-6-11-5-19(8-14(21)22)7-12(20)10-24-9-11/h2-4,11-12H,5-10H2,1H3,(H,17,18)(H,21,22)/t11-,12-/m0/s1. The topological polar surface area (TPSA) is 95.0 Å². The predicted molar refractivity (Wildman–Crippen MR) is 87.0 cm³/mol. The van der Waals surface area contributed by atoms with Crippen LogP contribution in [0.15, 0.2) is 18.3 Å². The minimum atomic E-state index is -0.849. The van der Waals surface area contributed by atoms with Crippen molar-refractivity contribution in [3.05, 3.63) is 23.9 Å². The van der Waals surface area contributed by atoms with Crippen molar-refractivity contribution in [2.24, 2.45) is 5.92 Å². The maximum Gasteiger partial charge on any atom is 0.317 e. The van der Waals surface area contributed by atoms with E-state index in [4.69, 9.17) is 9.84 Å². The van der Waals surface area contributed by atoms with Crippen LogP contribution in [-0.2, 0) is 9.53 Å². The Morgan fingerprint density at radius 2 is 2.21 bits per heavy atom. The highest BCUT2D eigenvalue weighted by atomic mass is 16.5. The summed E-state index contributed by atoms with van der Waals surface area (Å²) < 4.78 is 5.69. The first-order chi connectivity index (χ1) is 11.6. The van der Waals surface area contributed by atoms with Gasteiger partial charge in [0.2, 0.25) is 0 Å². The Kier molecular flexibility index (Phi) is 4.96. The lowest BCUT2D eigenvalue weighted by molar-refractivity contribution is -0.138. The van der Waals surface area contributed by atoms with Crippen LogP contribution >= 0.6 is 0 Å². The average molecular weight is 334 g/mol. The number of carboxylic acids is 1. The van der Waals surface area contributed by atoms with Crippen molar-refractivity contribution in [1.82, 2.24) is 14.8 Å². The van der Waals surface area contributed by atoms with Gasteiger partial charge in [-0.25, -0.2) is 4.98 Å². The molecule has 2 saturated heterocycles. The second-order valence-corrected chi connectivity index (χ2v) is 6.25. The molecule has 8 heteroatoms. The number of anilines is 1. The fourth-order valence-corrected chi connectivity index (χ4v) is 3.44. The van der Waals surface area contributed by atoms with Crippen LogP contribution in [0, 0.1) is 5.92 Å². The van der Waals surface area contributed by atoms with Crippen LogP contribution in [-0.4, -0.2) is 84.2 Å². The summed E-state index contributed by atoms with van der Waals surface area (Å²) in [7, 11) is 1.73. The van der Waals surface area contributed by atoms with E-state index in [9.17, 15) is 9.59 Å². The summed E-state index contributed by atoms with van der Waals surface area (Å²) in [5.74, 6) is -0.288. The average Bonchev–Trinajstić information content (AvgIpc) is 2.84. The molecular weight excluding hydrogens is 312 g/mol. The summed E-state index contributed by atoms with van der Waals surface area (Å²) in [6, 6.07) is 3.34. The molecular formula is C16H22N4O4. The SMILES string of the molecule is CNc1ncccc1C(=O)N1C[C@H]2COC[C@@H]1CN(CC(=O)O)C2. The van der Waals surface area contributed by atoms with E-state index in [0.717, 1.165) is 0 Å². The summed E-state index contributed by atoms with van der Waals surface area (Å²) in [5.41, 5.74) is 0.525. The van der Waals surface area contributed by atoms with Crippen molar-refractivity contribution in [3.63, 3.8) is 0 Å². The highest BCUT2D eigenvalue weighted by Gasteiger charge is 2.37. The number of rotatable bonds is 4. The van der Waals surface area contributed by atoms with Gasteiger partial charge >= 0.3 is 5.97 Å². The number of amides is 1. The van der Waals surface area contributed by atoms with Gasteiger partial charge in [0.05, 0.1) is 31.4 Å². The first-order valence-electron chi connectivity index (χ1n) is 8.04. The largest absolute Gasteiger partial charge is 0.480 e. The maximum absolute atomic E-state index is 13.1. The van der Waals surface area contributed by atoms with Crippen LogP contribution < -0.4 is 5.32 Å². The second-order valence-electron chi connectivity index (χ2n) is 6.25. The van der Waals surface area contributed by atoms with Gasteiger partial charge in [0.25, 0.3) is 5.91 Å². The number of aromatic nitrogens is 1.